The minimum Gasteiger partial charge on any atom is -0.484 e. The highest BCUT2D eigenvalue weighted by atomic mass is 32.2. The summed E-state index contributed by atoms with van der Waals surface area (Å²) >= 11 is 1.65. The Balaban J connectivity index is 1.73. The maximum atomic E-state index is 12.1. The molecule has 0 aliphatic heterocycles. The molecule has 29 heavy (non-hydrogen) atoms. The van der Waals surface area contributed by atoms with E-state index in [9.17, 15) is 14.7 Å². The molecule has 2 N–H and O–H groups in total. The zero-order chi connectivity index (χ0) is 20.6. The fourth-order valence-electron chi connectivity index (χ4n) is 2.98. The summed E-state index contributed by atoms with van der Waals surface area (Å²) in [5.74, 6) is 0.954. The molecule has 0 aliphatic rings. The number of aliphatic hydroxyl groups excluding tert-OH is 1. The standard InChI is InChI=1S/C22H23NO5S/c1-29-10-9-16(13-24)23-21(25)14-27-17-7-8-18-19(15-5-3-2-4-6-15)12-22(26)28-20(18)11-17/h2-8,11-12,16,24H,9-10,13-14H2,1H3,(H,23,25). The average Bonchev–Trinajstić information content (AvgIpc) is 2.74. The van der Waals surface area contributed by atoms with Crippen molar-refractivity contribution in [2.75, 3.05) is 25.2 Å². The third-order valence-corrected chi connectivity index (χ3v) is 5.07. The largest absolute Gasteiger partial charge is 0.484 e. The van der Waals surface area contributed by atoms with E-state index in [2.05, 4.69) is 5.32 Å². The Bertz CT molecular complexity index is 1020. The predicted molar refractivity (Wildman–Crippen MR) is 115 cm³/mol. The number of hydrogen-bond acceptors (Lipinski definition) is 6. The fourth-order valence-corrected chi connectivity index (χ4v) is 3.50. The van der Waals surface area contributed by atoms with Gasteiger partial charge in [0.05, 0.1) is 12.6 Å². The highest BCUT2D eigenvalue weighted by Crippen LogP contribution is 2.29. The highest BCUT2D eigenvalue weighted by Gasteiger charge is 2.13. The number of carbonyl (C=O) groups excluding carboxylic acids is 1. The molecular formula is C22H23NO5S. The first-order valence-corrected chi connectivity index (χ1v) is 10.7. The summed E-state index contributed by atoms with van der Waals surface area (Å²) < 4.78 is 10.9. The third kappa shape index (κ3) is 5.62. The van der Waals surface area contributed by atoms with Crippen LogP contribution in [-0.4, -0.2) is 42.3 Å². The normalized spacial score (nSPS) is 11.9. The molecule has 0 saturated heterocycles. The first kappa shape index (κ1) is 21.0. The maximum Gasteiger partial charge on any atom is 0.336 e. The summed E-state index contributed by atoms with van der Waals surface area (Å²) in [6.07, 6.45) is 2.66. The van der Waals surface area contributed by atoms with Gasteiger partial charge in [-0.3, -0.25) is 4.79 Å². The van der Waals surface area contributed by atoms with Crippen LogP contribution in [0, 0.1) is 0 Å². The van der Waals surface area contributed by atoms with Gasteiger partial charge >= 0.3 is 5.63 Å². The Hall–Kier alpha value is -2.77. The number of benzene rings is 2. The zero-order valence-electron chi connectivity index (χ0n) is 16.1. The lowest BCUT2D eigenvalue weighted by atomic mass is 10.0. The topological polar surface area (TPSA) is 88.8 Å². The van der Waals surface area contributed by atoms with E-state index >= 15 is 0 Å². The third-order valence-electron chi connectivity index (χ3n) is 4.43. The number of aliphatic hydroxyl groups is 1. The molecule has 1 aromatic heterocycles. The van der Waals surface area contributed by atoms with E-state index in [1.165, 1.54) is 6.07 Å². The number of hydrogen-bond donors (Lipinski definition) is 2. The van der Waals surface area contributed by atoms with Gasteiger partial charge in [-0.25, -0.2) is 4.79 Å². The summed E-state index contributed by atoms with van der Waals surface area (Å²) in [6.45, 7) is -0.306. The molecule has 1 atom stereocenters. The molecule has 2 aromatic carbocycles. The molecule has 0 fully saturated rings. The van der Waals surface area contributed by atoms with Crippen LogP contribution < -0.4 is 15.7 Å². The van der Waals surface area contributed by atoms with Gasteiger partial charge in [0.1, 0.15) is 11.3 Å². The van der Waals surface area contributed by atoms with Gasteiger partial charge in [0.2, 0.25) is 0 Å². The van der Waals surface area contributed by atoms with Crippen molar-refractivity contribution < 1.29 is 19.1 Å². The van der Waals surface area contributed by atoms with Crippen LogP contribution in [0.5, 0.6) is 5.75 Å². The van der Waals surface area contributed by atoms with Gasteiger partial charge in [0.25, 0.3) is 5.91 Å². The van der Waals surface area contributed by atoms with Gasteiger partial charge in [-0.2, -0.15) is 11.8 Å². The molecule has 7 heteroatoms. The monoisotopic (exact) mass is 413 g/mol. The molecule has 0 spiro atoms. The molecule has 0 aliphatic carbocycles. The molecular weight excluding hydrogens is 390 g/mol. The van der Waals surface area contributed by atoms with Crippen LogP contribution in [0.4, 0.5) is 0 Å². The van der Waals surface area contributed by atoms with Crippen LogP contribution >= 0.6 is 11.8 Å². The maximum absolute atomic E-state index is 12.1. The second kappa shape index (κ2) is 10.1. The van der Waals surface area contributed by atoms with Crippen LogP contribution in [-0.2, 0) is 4.79 Å². The Morgan fingerprint density at radius 2 is 2.00 bits per heavy atom. The smallest absolute Gasteiger partial charge is 0.336 e. The van der Waals surface area contributed by atoms with Crippen LogP contribution in [0.15, 0.2) is 63.8 Å². The molecule has 1 heterocycles. The molecule has 0 saturated carbocycles. The number of ether oxygens (including phenoxy) is 1. The number of fused-ring (bicyclic) bond motifs is 1. The summed E-state index contributed by atoms with van der Waals surface area (Å²) in [6, 6.07) is 15.9. The van der Waals surface area contributed by atoms with E-state index in [0.29, 0.717) is 17.8 Å². The van der Waals surface area contributed by atoms with E-state index in [-0.39, 0.29) is 25.2 Å². The van der Waals surface area contributed by atoms with E-state index in [1.807, 2.05) is 42.7 Å². The molecule has 1 amide bonds. The van der Waals surface area contributed by atoms with E-state index in [1.54, 1.807) is 23.9 Å². The lowest BCUT2D eigenvalue weighted by molar-refractivity contribution is -0.124. The Labute approximate surface area is 172 Å². The van der Waals surface area contributed by atoms with Crippen molar-refractivity contribution in [2.24, 2.45) is 0 Å². The van der Waals surface area contributed by atoms with E-state index in [0.717, 1.165) is 22.3 Å². The number of rotatable bonds is 9. The molecule has 152 valence electrons. The lowest BCUT2D eigenvalue weighted by Crippen LogP contribution is -2.40. The van der Waals surface area contributed by atoms with Crippen molar-refractivity contribution in [3.05, 3.63) is 65.0 Å². The average molecular weight is 413 g/mol. The summed E-state index contributed by atoms with van der Waals surface area (Å²) in [7, 11) is 0. The Morgan fingerprint density at radius 1 is 1.21 bits per heavy atom. The summed E-state index contributed by atoms with van der Waals surface area (Å²) in [5, 5.41) is 12.9. The van der Waals surface area contributed by atoms with Crippen molar-refractivity contribution in [1.29, 1.82) is 0 Å². The minimum atomic E-state index is -0.453. The van der Waals surface area contributed by atoms with Crippen molar-refractivity contribution in [2.45, 2.75) is 12.5 Å². The molecule has 3 aromatic rings. The molecule has 0 bridgehead atoms. The van der Waals surface area contributed by atoms with Gasteiger partial charge in [0.15, 0.2) is 6.61 Å². The van der Waals surface area contributed by atoms with Gasteiger partial charge in [0, 0.05) is 17.5 Å². The number of carbonyl (C=O) groups is 1. The molecule has 0 radical (unpaired) electrons. The van der Waals surface area contributed by atoms with Crippen LogP contribution in [0.25, 0.3) is 22.1 Å². The van der Waals surface area contributed by atoms with E-state index in [4.69, 9.17) is 9.15 Å². The van der Waals surface area contributed by atoms with Crippen molar-refractivity contribution in [1.82, 2.24) is 5.32 Å². The van der Waals surface area contributed by atoms with Gasteiger partial charge in [-0.15, -0.1) is 0 Å². The summed E-state index contributed by atoms with van der Waals surface area (Å²) in [5.41, 5.74) is 1.63. The predicted octanol–water partition coefficient (Wildman–Crippen LogP) is 3.07. The quantitative estimate of drug-likeness (QED) is 0.524. The minimum absolute atomic E-state index is 0.115. The second-order valence-corrected chi connectivity index (χ2v) is 7.51. The second-order valence-electron chi connectivity index (χ2n) is 6.52. The van der Waals surface area contributed by atoms with Gasteiger partial charge in [-0.05, 0) is 41.7 Å². The zero-order valence-corrected chi connectivity index (χ0v) is 16.9. The highest BCUT2D eigenvalue weighted by molar-refractivity contribution is 7.98. The summed E-state index contributed by atoms with van der Waals surface area (Å²) in [4.78, 5) is 24.1. The fraction of sp³-hybridized carbons (Fsp3) is 0.273. The van der Waals surface area contributed by atoms with E-state index < -0.39 is 5.63 Å². The first-order valence-electron chi connectivity index (χ1n) is 9.26. The van der Waals surface area contributed by atoms with Crippen molar-refractivity contribution in [3.63, 3.8) is 0 Å². The van der Waals surface area contributed by atoms with Gasteiger partial charge in [-0.1, -0.05) is 30.3 Å². The first-order chi connectivity index (χ1) is 14.1. The number of nitrogens with one attached hydrogen (secondary N) is 1. The number of amides is 1. The van der Waals surface area contributed by atoms with Crippen LogP contribution in [0.3, 0.4) is 0 Å². The molecule has 6 nitrogen and oxygen atoms in total. The molecule has 1 unspecified atom stereocenters. The Morgan fingerprint density at radius 3 is 2.72 bits per heavy atom. The molecule has 3 rings (SSSR count). The van der Waals surface area contributed by atoms with Crippen molar-refractivity contribution >= 4 is 28.6 Å². The number of thioether (sulfide) groups is 1. The van der Waals surface area contributed by atoms with Crippen molar-refractivity contribution in [3.8, 4) is 16.9 Å². The van der Waals surface area contributed by atoms with Crippen LogP contribution in [0.1, 0.15) is 6.42 Å². The lowest BCUT2D eigenvalue weighted by Gasteiger charge is -2.16. The van der Waals surface area contributed by atoms with Gasteiger partial charge < -0.3 is 19.6 Å². The Kier molecular flexibility index (Phi) is 7.32. The SMILES string of the molecule is CSCCC(CO)NC(=O)COc1ccc2c(-c3ccccc3)cc(=O)oc2c1. The van der Waals surface area contributed by atoms with Crippen LogP contribution in [0.2, 0.25) is 0 Å².